The zero-order chi connectivity index (χ0) is 21.5. The molecule has 0 aliphatic heterocycles. The van der Waals surface area contributed by atoms with Crippen LogP contribution in [-0.2, 0) is 17.7 Å². The first-order valence-corrected chi connectivity index (χ1v) is 10.9. The molecule has 7 heteroatoms. The van der Waals surface area contributed by atoms with Crippen molar-refractivity contribution in [3.63, 3.8) is 0 Å². The van der Waals surface area contributed by atoms with Crippen molar-refractivity contribution in [1.29, 1.82) is 0 Å². The third-order valence-electron chi connectivity index (χ3n) is 4.55. The lowest BCUT2D eigenvalue weighted by Gasteiger charge is -2.11. The van der Waals surface area contributed by atoms with Gasteiger partial charge < -0.3 is 10.1 Å². The van der Waals surface area contributed by atoms with Crippen molar-refractivity contribution in [3.8, 4) is 11.4 Å². The van der Waals surface area contributed by atoms with Crippen molar-refractivity contribution in [1.82, 2.24) is 15.0 Å². The predicted octanol–water partition coefficient (Wildman–Crippen LogP) is 4.98. The Bertz CT molecular complexity index is 1150. The first-order valence-electron chi connectivity index (χ1n) is 10.0. The summed E-state index contributed by atoms with van der Waals surface area (Å²) in [5.74, 6) is 0.525. The van der Waals surface area contributed by atoms with Gasteiger partial charge in [-0.2, -0.15) is 0 Å². The SMILES string of the molecule is CCOC(=O)c1cnc(-c2ccccc2)nc1NCc1csc(Cc2ccccc2)n1. The van der Waals surface area contributed by atoms with E-state index in [4.69, 9.17) is 9.72 Å². The highest BCUT2D eigenvalue weighted by molar-refractivity contribution is 7.09. The third-order valence-corrected chi connectivity index (χ3v) is 5.45. The highest BCUT2D eigenvalue weighted by Crippen LogP contribution is 2.21. The molecular formula is C24H22N4O2S. The van der Waals surface area contributed by atoms with E-state index >= 15 is 0 Å². The number of esters is 1. The summed E-state index contributed by atoms with van der Waals surface area (Å²) in [4.78, 5) is 26.0. The van der Waals surface area contributed by atoms with E-state index in [1.54, 1.807) is 18.3 Å². The van der Waals surface area contributed by atoms with Crippen LogP contribution >= 0.6 is 11.3 Å². The third kappa shape index (κ3) is 5.32. The van der Waals surface area contributed by atoms with Crippen LogP contribution in [0.25, 0.3) is 11.4 Å². The Morgan fingerprint density at radius 3 is 2.52 bits per heavy atom. The first-order chi connectivity index (χ1) is 15.2. The zero-order valence-electron chi connectivity index (χ0n) is 17.1. The average Bonchev–Trinajstić information content (AvgIpc) is 3.26. The minimum Gasteiger partial charge on any atom is -0.462 e. The van der Waals surface area contributed by atoms with E-state index in [2.05, 4.69) is 27.4 Å². The quantitative estimate of drug-likeness (QED) is 0.397. The number of nitrogens with zero attached hydrogens (tertiary/aromatic N) is 3. The second kappa shape index (κ2) is 9.95. The molecule has 0 radical (unpaired) electrons. The maximum absolute atomic E-state index is 12.4. The van der Waals surface area contributed by atoms with Gasteiger partial charge in [-0.15, -0.1) is 11.3 Å². The molecule has 0 aliphatic rings. The Hall–Kier alpha value is -3.58. The number of anilines is 1. The van der Waals surface area contributed by atoms with Gasteiger partial charge in [0, 0.05) is 23.6 Å². The molecule has 0 atom stereocenters. The summed E-state index contributed by atoms with van der Waals surface area (Å²) < 4.78 is 5.16. The van der Waals surface area contributed by atoms with Gasteiger partial charge in [-0.25, -0.2) is 19.7 Å². The lowest BCUT2D eigenvalue weighted by molar-refractivity contribution is 0.0526. The Kier molecular flexibility index (Phi) is 6.64. The molecule has 0 aliphatic carbocycles. The number of benzene rings is 2. The maximum atomic E-state index is 12.4. The molecule has 0 fully saturated rings. The van der Waals surface area contributed by atoms with Gasteiger partial charge in [0.15, 0.2) is 5.82 Å². The lowest BCUT2D eigenvalue weighted by Crippen LogP contribution is -2.13. The Balaban J connectivity index is 1.53. The molecule has 4 aromatic rings. The number of ether oxygens (including phenoxy) is 1. The first kappa shape index (κ1) is 20.7. The molecule has 4 rings (SSSR count). The van der Waals surface area contributed by atoms with Crippen LogP contribution in [-0.4, -0.2) is 27.5 Å². The summed E-state index contributed by atoms with van der Waals surface area (Å²) in [5, 5.41) is 6.31. The summed E-state index contributed by atoms with van der Waals surface area (Å²) in [6.07, 6.45) is 2.31. The van der Waals surface area contributed by atoms with Crippen molar-refractivity contribution in [2.75, 3.05) is 11.9 Å². The lowest BCUT2D eigenvalue weighted by atomic mass is 10.2. The summed E-state index contributed by atoms with van der Waals surface area (Å²) in [7, 11) is 0. The van der Waals surface area contributed by atoms with Crippen LogP contribution in [0.5, 0.6) is 0 Å². The smallest absolute Gasteiger partial charge is 0.343 e. The number of nitrogens with one attached hydrogen (secondary N) is 1. The Morgan fingerprint density at radius 1 is 1.03 bits per heavy atom. The van der Waals surface area contributed by atoms with E-state index in [1.165, 1.54) is 11.8 Å². The molecule has 6 nitrogen and oxygen atoms in total. The van der Waals surface area contributed by atoms with Crippen LogP contribution in [0.3, 0.4) is 0 Å². The zero-order valence-corrected chi connectivity index (χ0v) is 17.9. The fraction of sp³-hybridized carbons (Fsp3) is 0.167. The average molecular weight is 431 g/mol. The number of thiazole rings is 1. The van der Waals surface area contributed by atoms with Crippen LogP contribution in [0.4, 0.5) is 5.82 Å². The molecule has 0 bridgehead atoms. The van der Waals surface area contributed by atoms with Gasteiger partial charge in [0.25, 0.3) is 0 Å². The normalized spacial score (nSPS) is 10.6. The molecule has 0 saturated heterocycles. The molecule has 31 heavy (non-hydrogen) atoms. The molecule has 1 N–H and O–H groups in total. The molecule has 2 heterocycles. The van der Waals surface area contributed by atoms with E-state index in [-0.39, 0.29) is 6.61 Å². The van der Waals surface area contributed by atoms with Crippen LogP contribution in [0, 0.1) is 0 Å². The monoisotopic (exact) mass is 430 g/mol. The van der Waals surface area contributed by atoms with Crippen LogP contribution in [0.2, 0.25) is 0 Å². The number of hydrogen-bond acceptors (Lipinski definition) is 7. The summed E-state index contributed by atoms with van der Waals surface area (Å²) in [5.41, 5.74) is 3.30. The van der Waals surface area contributed by atoms with E-state index in [0.717, 1.165) is 22.7 Å². The van der Waals surface area contributed by atoms with Crippen molar-refractivity contribution < 1.29 is 9.53 Å². The fourth-order valence-corrected chi connectivity index (χ4v) is 3.89. The standard InChI is InChI=1S/C24H22N4O2S/c1-2-30-24(29)20-15-26-22(18-11-7-4-8-12-18)28-23(20)25-14-19-16-31-21(27-19)13-17-9-5-3-6-10-17/h3-12,15-16H,2,13-14H2,1H3,(H,25,26,28). The fourth-order valence-electron chi connectivity index (χ4n) is 3.06. The molecule has 0 unspecified atom stereocenters. The van der Waals surface area contributed by atoms with Crippen LogP contribution in [0.1, 0.15) is 33.5 Å². The molecule has 156 valence electrons. The summed E-state index contributed by atoms with van der Waals surface area (Å²) >= 11 is 1.62. The van der Waals surface area contributed by atoms with Gasteiger partial charge >= 0.3 is 5.97 Å². The predicted molar refractivity (Wildman–Crippen MR) is 122 cm³/mol. The van der Waals surface area contributed by atoms with Gasteiger partial charge in [0.05, 0.1) is 23.9 Å². The number of rotatable bonds is 8. The van der Waals surface area contributed by atoms with E-state index < -0.39 is 5.97 Å². The molecule has 0 saturated carbocycles. The van der Waals surface area contributed by atoms with Crippen molar-refractivity contribution in [2.45, 2.75) is 19.9 Å². The number of hydrogen-bond donors (Lipinski definition) is 1. The second-order valence-corrected chi connectivity index (χ2v) is 7.73. The van der Waals surface area contributed by atoms with Gasteiger partial charge in [0.2, 0.25) is 0 Å². The van der Waals surface area contributed by atoms with Gasteiger partial charge in [-0.05, 0) is 12.5 Å². The Morgan fingerprint density at radius 2 is 1.77 bits per heavy atom. The van der Waals surface area contributed by atoms with E-state index in [1.807, 2.05) is 53.9 Å². The van der Waals surface area contributed by atoms with Crippen LogP contribution in [0.15, 0.2) is 72.2 Å². The molecule has 2 aromatic heterocycles. The highest BCUT2D eigenvalue weighted by atomic mass is 32.1. The van der Waals surface area contributed by atoms with E-state index in [0.29, 0.717) is 23.8 Å². The maximum Gasteiger partial charge on any atom is 0.343 e. The second-order valence-electron chi connectivity index (χ2n) is 6.79. The largest absolute Gasteiger partial charge is 0.462 e. The molecular weight excluding hydrogens is 408 g/mol. The Labute approximate surface area is 185 Å². The topological polar surface area (TPSA) is 77.0 Å². The van der Waals surface area contributed by atoms with E-state index in [9.17, 15) is 4.79 Å². The van der Waals surface area contributed by atoms with Crippen molar-refractivity contribution >= 4 is 23.1 Å². The number of carbonyl (C=O) groups is 1. The van der Waals surface area contributed by atoms with Crippen LogP contribution < -0.4 is 5.32 Å². The van der Waals surface area contributed by atoms with Crippen molar-refractivity contribution in [3.05, 3.63) is 94.1 Å². The minimum atomic E-state index is -0.451. The number of carbonyl (C=O) groups excluding carboxylic acids is 1. The minimum absolute atomic E-state index is 0.285. The molecule has 0 amide bonds. The molecule has 2 aromatic carbocycles. The summed E-state index contributed by atoms with van der Waals surface area (Å²) in [6, 6.07) is 19.9. The summed E-state index contributed by atoms with van der Waals surface area (Å²) in [6.45, 7) is 2.50. The van der Waals surface area contributed by atoms with Gasteiger partial charge in [-0.1, -0.05) is 60.7 Å². The van der Waals surface area contributed by atoms with Crippen molar-refractivity contribution in [2.24, 2.45) is 0 Å². The number of aromatic nitrogens is 3. The van der Waals surface area contributed by atoms with Gasteiger partial charge in [0.1, 0.15) is 11.4 Å². The molecule has 0 spiro atoms. The highest BCUT2D eigenvalue weighted by Gasteiger charge is 2.17. The van der Waals surface area contributed by atoms with Gasteiger partial charge in [-0.3, -0.25) is 0 Å².